The molecular formula is C26H35N5O5. The van der Waals surface area contributed by atoms with E-state index >= 15 is 0 Å². The molecule has 0 spiro atoms. The quantitative estimate of drug-likeness (QED) is 0.582. The number of hydrogen-bond acceptors (Lipinski definition) is 8. The minimum Gasteiger partial charge on any atom is -0.467 e. The Labute approximate surface area is 210 Å². The predicted octanol–water partition coefficient (Wildman–Crippen LogP) is 3.22. The van der Waals surface area contributed by atoms with Gasteiger partial charge in [-0.05, 0) is 53.9 Å². The molecule has 0 aromatic carbocycles. The Balaban J connectivity index is 1.64. The van der Waals surface area contributed by atoms with Gasteiger partial charge in [0, 0.05) is 25.0 Å². The zero-order chi connectivity index (χ0) is 26.1. The molecule has 3 aliphatic rings. The number of rotatable bonds is 2. The van der Waals surface area contributed by atoms with Gasteiger partial charge in [0.25, 0.3) is 0 Å². The van der Waals surface area contributed by atoms with Gasteiger partial charge >= 0.3 is 12.1 Å². The molecule has 1 amide bonds. The molecule has 2 aromatic heterocycles. The van der Waals surface area contributed by atoms with Crippen LogP contribution in [0.1, 0.15) is 76.0 Å². The topological polar surface area (TPSA) is 107 Å². The van der Waals surface area contributed by atoms with E-state index in [1.54, 1.807) is 0 Å². The summed E-state index contributed by atoms with van der Waals surface area (Å²) < 4.78 is 12.7. The molecule has 0 bridgehead atoms. The molecule has 36 heavy (non-hydrogen) atoms. The summed E-state index contributed by atoms with van der Waals surface area (Å²) in [7, 11) is 1.38. The lowest BCUT2D eigenvalue weighted by Gasteiger charge is -2.54. The molecule has 1 aliphatic carbocycles. The zero-order valence-electron chi connectivity index (χ0n) is 22.1. The number of anilines is 1. The Bertz CT molecular complexity index is 1310. The second kappa shape index (κ2) is 8.45. The predicted molar refractivity (Wildman–Crippen MR) is 134 cm³/mol. The molecule has 1 unspecified atom stereocenters. The van der Waals surface area contributed by atoms with Crippen molar-refractivity contribution in [2.75, 3.05) is 25.1 Å². The molecule has 1 saturated carbocycles. The number of methoxy groups -OCH3 is 1. The van der Waals surface area contributed by atoms with Gasteiger partial charge < -0.3 is 23.8 Å². The van der Waals surface area contributed by atoms with Crippen LogP contribution in [0.2, 0.25) is 0 Å². The Morgan fingerprint density at radius 1 is 1.03 bits per heavy atom. The molecule has 5 rings (SSSR count). The van der Waals surface area contributed by atoms with Crippen molar-refractivity contribution in [3.8, 4) is 0 Å². The van der Waals surface area contributed by atoms with Crippen LogP contribution in [-0.2, 0) is 14.3 Å². The van der Waals surface area contributed by atoms with Crippen LogP contribution in [-0.4, -0.2) is 69.4 Å². The number of ether oxygens (including phenoxy) is 2. The van der Waals surface area contributed by atoms with E-state index in [4.69, 9.17) is 14.5 Å². The van der Waals surface area contributed by atoms with Crippen molar-refractivity contribution in [2.24, 2.45) is 0 Å². The first-order valence-corrected chi connectivity index (χ1v) is 12.7. The molecule has 1 saturated heterocycles. The average Bonchev–Trinajstić information content (AvgIpc) is 3.11. The molecule has 2 fully saturated rings. The normalized spacial score (nSPS) is 25.3. The van der Waals surface area contributed by atoms with Crippen molar-refractivity contribution >= 4 is 28.9 Å². The summed E-state index contributed by atoms with van der Waals surface area (Å²) in [6.07, 6.45) is 1.94. The van der Waals surface area contributed by atoms with Crippen molar-refractivity contribution in [3.05, 3.63) is 27.3 Å². The number of amides is 1. The van der Waals surface area contributed by atoms with Crippen LogP contribution in [0.15, 0.2) is 4.79 Å². The molecule has 2 aromatic rings. The molecule has 10 heteroatoms. The highest BCUT2D eigenvalue weighted by molar-refractivity contribution is 5.84. The minimum atomic E-state index is -0.571. The van der Waals surface area contributed by atoms with E-state index in [-0.39, 0.29) is 41.0 Å². The minimum absolute atomic E-state index is 0.00463. The van der Waals surface area contributed by atoms with Gasteiger partial charge in [0.15, 0.2) is 11.2 Å². The highest BCUT2D eigenvalue weighted by atomic mass is 16.6. The largest absolute Gasteiger partial charge is 0.467 e. The second-order valence-corrected chi connectivity index (χ2v) is 11.3. The molecule has 194 valence electrons. The first-order valence-electron chi connectivity index (χ1n) is 12.7. The van der Waals surface area contributed by atoms with E-state index in [2.05, 4.69) is 9.88 Å². The molecule has 10 nitrogen and oxygen atoms in total. The maximum Gasteiger partial charge on any atom is 0.410 e. The number of carbonyl (C=O) groups excluding carboxylic acids is 2. The zero-order valence-corrected chi connectivity index (χ0v) is 22.1. The standard InChI is InChI=1S/C26H35N5O5/c1-13-12-18(24(33)35-7)31-20(13)21(22(32)19-23(31)28-15(3)14(2)27-19)29-10-11-30(17-9-8-16(17)29)25(34)36-26(4,5)6/h13,16-18H,8-12H2,1-7H3/t13?,16-,17-,18+/m0/s1. The monoisotopic (exact) mass is 497 g/mol. The third-order valence-electron chi connectivity index (χ3n) is 7.78. The lowest BCUT2D eigenvalue weighted by Crippen LogP contribution is -2.67. The second-order valence-electron chi connectivity index (χ2n) is 11.3. The highest BCUT2D eigenvalue weighted by Gasteiger charge is 2.49. The number of esters is 1. The van der Waals surface area contributed by atoms with Crippen LogP contribution in [0.25, 0.3) is 11.2 Å². The van der Waals surface area contributed by atoms with Crippen LogP contribution in [0.5, 0.6) is 0 Å². The van der Waals surface area contributed by atoms with Gasteiger partial charge in [0.05, 0.1) is 30.2 Å². The van der Waals surface area contributed by atoms with E-state index in [0.717, 1.165) is 24.2 Å². The number of pyridine rings is 1. The summed E-state index contributed by atoms with van der Waals surface area (Å²) >= 11 is 0. The van der Waals surface area contributed by atoms with Crippen molar-refractivity contribution < 1.29 is 19.1 Å². The third kappa shape index (κ3) is 3.72. The van der Waals surface area contributed by atoms with E-state index in [0.29, 0.717) is 36.5 Å². The number of aryl methyl sites for hydroxylation is 2. The van der Waals surface area contributed by atoms with Gasteiger partial charge in [0.2, 0.25) is 5.43 Å². The lowest BCUT2D eigenvalue weighted by molar-refractivity contribution is -0.144. The van der Waals surface area contributed by atoms with Gasteiger partial charge in [-0.15, -0.1) is 0 Å². The molecule has 4 heterocycles. The molecule has 0 radical (unpaired) electrons. The number of hydrogen-bond donors (Lipinski definition) is 0. The SMILES string of the molecule is COC(=O)[C@H]1CC(C)c2c(N3CCN(C(=O)OC(C)(C)C)[C@H]4CC[C@@H]43)c(=O)c3nc(C)c(C)nc3n21. The molecular weight excluding hydrogens is 462 g/mol. The van der Waals surface area contributed by atoms with E-state index in [9.17, 15) is 14.4 Å². The smallest absolute Gasteiger partial charge is 0.410 e. The van der Waals surface area contributed by atoms with Crippen molar-refractivity contribution in [3.63, 3.8) is 0 Å². The molecule has 2 aliphatic heterocycles. The van der Waals surface area contributed by atoms with E-state index in [1.165, 1.54) is 7.11 Å². The number of fused-ring (bicyclic) bond motifs is 4. The van der Waals surface area contributed by atoms with Crippen molar-refractivity contribution in [1.82, 2.24) is 19.4 Å². The summed E-state index contributed by atoms with van der Waals surface area (Å²) in [6, 6.07) is -0.591. The van der Waals surface area contributed by atoms with Gasteiger partial charge in [-0.25, -0.2) is 19.6 Å². The molecule has 0 N–H and O–H groups in total. The summed E-state index contributed by atoms with van der Waals surface area (Å²) in [4.78, 5) is 53.1. The highest BCUT2D eigenvalue weighted by Crippen LogP contribution is 2.45. The summed E-state index contributed by atoms with van der Waals surface area (Å²) in [5.74, 6) is -0.403. The summed E-state index contributed by atoms with van der Waals surface area (Å²) in [5.41, 5.74) is 2.75. The Morgan fingerprint density at radius 2 is 1.69 bits per heavy atom. The van der Waals surface area contributed by atoms with Gasteiger partial charge in [-0.1, -0.05) is 6.92 Å². The van der Waals surface area contributed by atoms with Crippen LogP contribution in [0, 0.1) is 13.8 Å². The first-order chi connectivity index (χ1) is 16.9. The van der Waals surface area contributed by atoms with E-state index < -0.39 is 11.6 Å². The fourth-order valence-corrected chi connectivity index (χ4v) is 5.89. The fraction of sp³-hybridized carbons (Fsp3) is 0.654. The van der Waals surface area contributed by atoms with Crippen LogP contribution in [0.4, 0.5) is 10.5 Å². The maximum absolute atomic E-state index is 14.0. The van der Waals surface area contributed by atoms with Crippen LogP contribution >= 0.6 is 0 Å². The van der Waals surface area contributed by atoms with Gasteiger partial charge in [-0.3, -0.25) is 4.79 Å². The number of aromatic nitrogens is 3. The average molecular weight is 498 g/mol. The maximum atomic E-state index is 14.0. The Kier molecular flexibility index (Phi) is 5.76. The van der Waals surface area contributed by atoms with Crippen LogP contribution in [0.3, 0.4) is 0 Å². The Morgan fingerprint density at radius 3 is 2.31 bits per heavy atom. The summed E-state index contributed by atoms with van der Waals surface area (Å²) in [5, 5.41) is 0. The third-order valence-corrected chi connectivity index (χ3v) is 7.78. The lowest BCUT2D eigenvalue weighted by atomic mass is 9.81. The summed E-state index contributed by atoms with van der Waals surface area (Å²) in [6.45, 7) is 12.3. The van der Waals surface area contributed by atoms with Gasteiger partial charge in [-0.2, -0.15) is 0 Å². The number of piperazine rings is 1. The first kappa shape index (κ1) is 24.5. The fourth-order valence-electron chi connectivity index (χ4n) is 5.89. The number of carbonyl (C=O) groups is 2. The van der Waals surface area contributed by atoms with E-state index in [1.807, 2.05) is 51.0 Å². The molecule has 4 atom stereocenters. The van der Waals surface area contributed by atoms with Crippen LogP contribution < -0.4 is 10.3 Å². The van der Waals surface area contributed by atoms with Gasteiger partial charge in [0.1, 0.15) is 17.3 Å². The van der Waals surface area contributed by atoms with Crippen molar-refractivity contribution in [2.45, 2.75) is 90.4 Å². The van der Waals surface area contributed by atoms with Crippen molar-refractivity contribution in [1.29, 1.82) is 0 Å². The Hall–Kier alpha value is -3.17. The number of nitrogens with zero attached hydrogens (tertiary/aromatic N) is 5.